The Bertz CT molecular complexity index is 1650. The summed E-state index contributed by atoms with van der Waals surface area (Å²) >= 11 is 0. The molecule has 0 N–H and O–H groups in total. The molecule has 5 nitrogen and oxygen atoms in total. The van der Waals surface area contributed by atoms with Crippen molar-refractivity contribution >= 4 is 34.1 Å². The third-order valence-electron chi connectivity index (χ3n) is 7.29. The second-order valence-corrected chi connectivity index (χ2v) is 9.84. The number of hydrogen-bond acceptors (Lipinski definition) is 5. The predicted octanol–water partition coefficient (Wildman–Crippen LogP) is 10.6. The van der Waals surface area contributed by atoms with Crippen LogP contribution in [0.2, 0.25) is 0 Å². The van der Waals surface area contributed by atoms with Gasteiger partial charge in [0, 0.05) is 11.4 Å². The molecule has 0 bridgehead atoms. The van der Waals surface area contributed by atoms with Gasteiger partial charge in [0.1, 0.15) is 11.5 Å². The SMILES string of the molecule is c1ccc2c(c1)Oc1ccccc1N2c1ccc(Oc2ccc(N3c4ccccc4Oc4ccccc43)cc2)cc1. The summed E-state index contributed by atoms with van der Waals surface area (Å²) in [4.78, 5) is 4.43. The van der Waals surface area contributed by atoms with E-state index >= 15 is 0 Å². The Morgan fingerprint density at radius 3 is 0.951 bits per heavy atom. The van der Waals surface area contributed by atoms with Crippen LogP contribution in [0.25, 0.3) is 0 Å². The molecule has 2 aliphatic rings. The van der Waals surface area contributed by atoms with Gasteiger partial charge < -0.3 is 24.0 Å². The van der Waals surface area contributed by atoms with E-state index in [2.05, 4.69) is 58.3 Å². The van der Waals surface area contributed by atoms with Crippen molar-refractivity contribution in [3.05, 3.63) is 146 Å². The molecule has 196 valence electrons. The molecule has 5 heteroatoms. The Balaban J connectivity index is 1.07. The first-order chi connectivity index (χ1) is 20.3. The van der Waals surface area contributed by atoms with Crippen molar-refractivity contribution in [2.24, 2.45) is 0 Å². The summed E-state index contributed by atoms with van der Waals surface area (Å²) in [5, 5.41) is 0. The van der Waals surface area contributed by atoms with Crippen molar-refractivity contribution in [2.45, 2.75) is 0 Å². The van der Waals surface area contributed by atoms with E-state index < -0.39 is 0 Å². The standard InChI is InChI=1S/C36H24N2O3/c1-5-13-33-29(9-1)37(30-10-2-6-14-34(30)40-33)25-17-21-27(22-18-25)39-28-23-19-26(20-24-28)38-31-11-3-7-15-35(31)41-36-16-8-4-12-32(36)38/h1-24H. The molecule has 2 aliphatic heterocycles. The number of anilines is 6. The quantitative estimate of drug-likeness (QED) is 0.225. The highest BCUT2D eigenvalue weighted by Crippen LogP contribution is 2.51. The van der Waals surface area contributed by atoms with E-state index in [-0.39, 0.29) is 0 Å². The lowest BCUT2D eigenvalue weighted by molar-refractivity contribution is 0.476. The molecule has 0 aromatic heterocycles. The van der Waals surface area contributed by atoms with E-state index in [0.29, 0.717) is 0 Å². The van der Waals surface area contributed by atoms with Gasteiger partial charge in [0.15, 0.2) is 23.0 Å². The van der Waals surface area contributed by atoms with Crippen molar-refractivity contribution in [2.75, 3.05) is 9.80 Å². The highest BCUT2D eigenvalue weighted by molar-refractivity contribution is 5.87. The van der Waals surface area contributed by atoms with E-state index in [1.54, 1.807) is 0 Å². The molecule has 0 saturated heterocycles. The number of ether oxygens (including phenoxy) is 3. The summed E-state index contributed by atoms with van der Waals surface area (Å²) in [6.07, 6.45) is 0. The Morgan fingerprint density at radius 2 is 0.634 bits per heavy atom. The minimum absolute atomic E-state index is 0.762. The molecule has 0 unspecified atom stereocenters. The van der Waals surface area contributed by atoms with Crippen molar-refractivity contribution in [1.29, 1.82) is 0 Å². The zero-order valence-electron chi connectivity index (χ0n) is 22.0. The van der Waals surface area contributed by atoms with Gasteiger partial charge in [-0.1, -0.05) is 48.5 Å². The van der Waals surface area contributed by atoms with Crippen LogP contribution in [-0.4, -0.2) is 0 Å². The van der Waals surface area contributed by atoms with Gasteiger partial charge in [-0.25, -0.2) is 0 Å². The van der Waals surface area contributed by atoms with Crippen LogP contribution in [0.15, 0.2) is 146 Å². The molecule has 0 atom stereocenters. The van der Waals surface area contributed by atoms with Crippen LogP contribution in [0, 0.1) is 0 Å². The molecule has 6 aromatic carbocycles. The number of benzene rings is 6. The highest BCUT2D eigenvalue weighted by atomic mass is 16.5. The molecule has 0 radical (unpaired) electrons. The first kappa shape index (κ1) is 23.2. The molecule has 0 aliphatic carbocycles. The molecule has 6 aromatic rings. The summed E-state index contributed by atoms with van der Waals surface area (Å²) < 4.78 is 18.5. The number of rotatable bonds is 4. The predicted molar refractivity (Wildman–Crippen MR) is 162 cm³/mol. The number of para-hydroxylation sites is 8. The molecule has 0 saturated carbocycles. The van der Waals surface area contributed by atoms with Gasteiger partial charge in [0.25, 0.3) is 0 Å². The summed E-state index contributed by atoms with van der Waals surface area (Å²) in [6.45, 7) is 0. The maximum Gasteiger partial charge on any atom is 0.151 e. The topological polar surface area (TPSA) is 34.2 Å². The summed E-state index contributed by atoms with van der Waals surface area (Å²) in [7, 11) is 0. The van der Waals surface area contributed by atoms with Gasteiger partial charge in [0.05, 0.1) is 22.7 Å². The van der Waals surface area contributed by atoms with Crippen LogP contribution in [0.5, 0.6) is 34.5 Å². The Morgan fingerprint density at radius 1 is 0.341 bits per heavy atom. The average molecular weight is 533 g/mol. The smallest absolute Gasteiger partial charge is 0.151 e. The normalized spacial score (nSPS) is 12.7. The fourth-order valence-electron chi connectivity index (χ4n) is 5.43. The van der Waals surface area contributed by atoms with Crippen molar-refractivity contribution in [3.8, 4) is 34.5 Å². The van der Waals surface area contributed by atoms with E-state index in [1.165, 1.54) is 0 Å². The lowest BCUT2D eigenvalue weighted by atomic mass is 10.1. The second kappa shape index (κ2) is 9.50. The zero-order valence-corrected chi connectivity index (χ0v) is 22.0. The second-order valence-electron chi connectivity index (χ2n) is 9.84. The minimum atomic E-state index is 0.762. The largest absolute Gasteiger partial charge is 0.457 e. The van der Waals surface area contributed by atoms with Crippen LogP contribution in [-0.2, 0) is 0 Å². The maximum absolute atomic E-state index is 6.25. The van der Waals surface area contributed by atoms with Crippen LogP contribution in [0.1, 0.15) is 0 Å². The molecule has 8 rings (SSSR count). The van der Waals surface area contributed by atoms with Crippen LogP contribution < -0.4 is 24.0 Å². The zero-order chi connectivity index (χ0) is 27.2. The first-order valence-corrected chi connectivity index (χ1v) is 13.5. The van der Waals surface area contributed by atoms with Gasteiger partial charge in [-0.2, -0.15) is 0 Å². The average Bonchev–Trinajstić information content (AvgIpc) is 3.03. The third kappa shape index (κ3) is 4.03. The maximum atomic E-state index is 6.25. The van der Waals surface area contributed by atoms with Gasteiger partial charge in [-0.15, -0.1) is 0 Å². The van der Waals surface area contributed by atoms with Crippen LogP contribution >= 0.6 is 0 Å². The van der Waals surface area contributed by atoms with E-state index in [0.717, 1.165) is 68.6 Å². The Labute approximate surface area is 238 Å². The molecular formula is C36H24N2O3. The van der Waals surface area contributed by atoms with Gasteiger partial charge in [-0.05, 0) is 97.1 Å². The number of hydrogen-bond donors (Lipinski definition) is 0. The number of nitrogens with zero attached hydrogens (tertiary/aromatic N) is 2. The summed E-state index contributed by atoms with van der Waals surface area (Å²) in [6, 6.07) is 48.6. The fraction of sp³-hybridized carbons (Fsp3) is 0. The molecular weight excluding hydrogens is 508 g/mol. The van der Waals surface area contributed by atoms with Crippen molar-refractivity contribution in [1.82, 2.24) is 0 Å². The monoisotopic (exact) mass is 532 g/mol. The lowest BCUT2D eigenvalue weighted by Gasteiger charge is -2.33. The van der Waals surface area contributed by atoms with E-state index in [9.17, 15) is 0 Å². The molecule has 41 heavy (non-hydrogen) atoms. The molecule has 0 spiro atoms. The van der Waals surface area contributed by atoms with Crippen molar-refractivity contribution < 1.29 is 14.2 Å². The van der Waals surface area contributed by atoms with Gasteiger partial charge >= 0.3 is 0 Å². The van der Waals surface area contributed by atoms with Gasteiger partial charge in [0.2, 0.25) is 0 Å². The van der Waals surface area contributed by atoms with Crippen molar-refractivity contribution in [3.63, 3.8) is 0 Å². The fourth-order valence-corrected chi connectivity index (χ4v) is 5.43. The molecule has 0 amide bonds. The van der Waals surface area contributed by atoms with Crippen LogP contribution in [0.3, 0.4) is 0 Å². The highest BCUT2D eigenvalue weighted by Gasteiger charge is 2.26. The molecule has 0 fully saturated rings. The van der Waals surface area contributed by atoms with E-state index in [4.69, 9.17) is 14.2 Å². The van der Waals surface area contributed by atoms with Gasteiger partial charge in [-0.3, -0.25) is 0 Å². The van der Waals surface area contributed by atoms with Crippen LogP contribution in [0.4, 0.5) is 34.1 Å². The Kier molecular flexibility index (Phi) is 5.38. The summed E-state index contributed by atoms with van der Waals surface area (Å²) in [5.74, 6) is 4.85. The third-order valence-corrected chi connectivity index (χ3v) is 7.29. The number of fused-ring (bicyclic) bond motifs is 4. The first-order valence-electron chi connectivity index (χ1n) is 13.5. The Hall–Kier alpha value is -5.68. The molecule has 2 heterocycles. The van der Waals surface area contributed by atoms with E-state index in [1.807, 2.05) is 97.1 Å². The lowest BCUT2D eigenvalue weighted by Crippen LogP contribution is -2.15. The minimum Gasteiger partial charge on any atom is -0.457 e. The summed E-state index contributed by atoms with van der Waals surface area (Å²) in [5.41, 5.74) is 6.06.